The maximum atomic E-state index is 11.9. The lowest BCUT2D eigenvalue weighted by Gasteiger charge is -2.11. The second-order valence-electron chi connectivity index (χ2n) is 4.55. The van der Waals surface area contributed by atoms with Crippen LogP contribution in [0.3, 0.4) is 0 Å². The van der Waals surface area contributed by atoms with Crippen LogP contribution in [0.1, 0.15) is 22.9 Å². The lowest BCUT2D eigenvalue weighted by Crippen LogP contribution is -2.29. The Morgan fingerprint density at radius 3 is 3.05 bits per heavy atom. The zero-order chi connectivity index (χ0) is 13.1. The molecular weight excluding hydrogens is 258 g/mol. The third-order valence-electron chi connectivity index (χ3n) is 3.21. The Kier molecular flexibility index (Phi) is 3.51. The molecule has 0 radical (unpaired) electrons. The van der Waals surface area contributed by atoms with Gasteiger partial charge in [-0.25, -0.2) is 0 Å². The number of hydrogen-bond acceptors (Lipinski definition) is 3. The van der Waals surface area contributed by atoms with Gasteiger partial charge in [0.15, 0.2) is 0 Å². The van der Waals surface area contributed by atoms with E-state index in [0.29, 0.717) is 13.0 Å². The van der Waals surface area contributed by atoms with Gasteiger partial charge < -0.3 is 10.1 Å². The minimum atomic E-state index is -0.00737. The summed E-state index contributed by atoms with van der Waals surface area (Å²) in [5.74, 6) is 0.963. The van der Waals surface area contributed by atoms with Gasteiger partial charge in [0.25, 0.3) is 0 Å². The van der Waals surface area contributed by atoms with E-state index < -0.39 is 0 Å². The summed E-state index contributed by atoms with van der Waals surface area (Å²) in [4.78, 5) is 13.2. The van der Waals surface area contributed by atoms with Crippen molar-refractivity contribution in [3.05, 3.63) is 52.2 Å². The van der Waals surface area contributed by atoms with E-state index in [1.54, 1.807) is 11.3 Å². The van der Waals surface area contributed by atoms with Crippen molar-refractivity contribution in [2.24, 2.45) is 0 Å². The van der Waals surface area contributed by atoms with Gasteiger partial charge in [-0.1, -0.05) is 24.3 Å². The molecule has 98 valence electrons. The molecule has 0 spiro atoms. The number of aryl methyl sites for hydroxylation is 1. The van der Waals surface area contributed by atoms with Gasteiger partial charge in [0, 0.05) is 16.9 Å². The molecule has 19 heavy (non-hydrogen) atoms. The summed E-state index contributed by atoms with van der Waals surface area (Å²) in [5.41, 5.74) is 1.08. The molecule has 0 saturated heterocycles. The van der Waals surface area contributed by atoms with Crippen LogP contribution in [0.5, 0.6) is 5.75 Å². The first-order valence-electron chi connectivity index (χ1n) is 6.36. The number of benzene rings is 1. The molecule has 3 nitrogen and oxygen atoms in total. The number of rotatable bonds is 4. The number of fused-ring (bicyclic) bond motifs is 1. The molecular formula is C15H15NO2S. The van der Waals surface area contributed by atoms with E-state index in [9.17, 15) is 4.79 Å². The highest BCUT2D eigenvalue weighted by atomic mass is 32.1. The van der Waals surface area contributed by atoms with E-state index >= 15 is 0 Å². The van der Waals surface area contributed by atoms with Gasteiger partial charge in [0.1, 0.15) is 12.4 Å². The summed E-state index contributed by atoms with van der Waals surface area (Å²) < 4.78 is 5.55. The second kappa shape index (κ2) is 5.45. The second-order valence-corrected chi connectivity index (χ2v) is 5.58. The Balaban J connectivity index is 1.56. The predicted molar refractivity (Wildman–Crippen MR) is 75.5 cm³/mol. The van der Waals surface area contributed by atoms with E-state index in [4.69, 9.17) is 4.74 Å². The quantitative estimate of drug-likeness (QED) is 0.930. The highest BCUT2D eigenvalue weighted by Crippen LogP contribution is 2.31. The average Bonchev–Trinajstić information content (AvgIpc) is 3.07. The molecule has 2 aromatic rings. The monoisotopic (exact) mass is 273 g/mol. The molecule has 1 unspecified atom stereocenters. The minimum Gasteiger partial charge on any atom is -0.491 e. The summed E-state index contributed by atoms with van der Waals surface area (Å²) >= 11 is 1.69. The normalized spacial score (nSPS) is 16.7. The van der Waals surface area contributed by atoms with Gasteiger partial charge in [0.2, 0.25) is 5.91 Å². The Morgan fingerprint density at radius 1 is 1.32 bits per heavy atom. The summed E-state index contributed by atoms with van der Waals surface area (Å²) in [6.45, 7) is 0.532. The first kappa shape index (κ1) is 12.2. The summed E-state index contributed by atoms with van der Waals surface area (Å²) in [6.07, 6.45) is 1.33. The minimum absolute atomic E-state index is 0.00737. The molecule has 1 aliphatic heterocycles. The van der Waals surface area contributed by atoms with Crippen molar-refractivity contribution in [1.29, 1.82) is 0 Å². The van der Waals surface area contributed by atoms with Gasteiger partial charge in [-0.3, -0.25) is 4.79 Å². The number of carbonyl (C=O) groups excluding carboxylic acids is 1. The highest BCUT2D eigenvalue weighted by Gasteiger charge is 2.24. The van der Waals surface area contributed by atoms with Crippen LogP contribution in [0.4, 0.5) is 0 Å². The maximum absolute atomic E-state index is 11.9. The lowest BCUT2D eigenvalue weighted by atomic mass is 10.1. The van der Waals surface area contributed by atoms with Gasteiger partial charge in [-0.05, 0) is 23.9 Å². The van der Waals surface area contributed by atoms with Crippen molar-refractivity contribution in [3.8, 4) is 5.75 Å². The molecule has 1 aromatic carbocycles. The van der Waals surface area contributed by atoms with E-state index in [0.717, 1.165) is 17.7 Å². The molecule has 4 heteroatoms. The lowest BCUT2D eigenvalue weighted by molar-refractivity contribution is -0.121. The molecule has 1 N–H and O–H groups in total. The van der Waals surface area contributed by atoms with E-state index in [1.165, 1.54) is 4.88 Å². The van der Waals surface area contributed by atoms with Crippen LogP contribution in [0, 0.1) is 0 Å². The van der Waals surface area contributed by atoms with Crippen LogP contribution in [0.25, 0.3) is 0 Å². The highest BCUT2D eigenvalue weighted by molar-refractivity contribution is 7.09. The van der Waals surface area contributed by atoms with Crippen molar-refractivity contribution in [2.75, 3.05) is 6.61 Å². The summed E-state index contributed by atoms with van der Waals surface area (Å²) in [6, 6.07) is 11.9. The molecule has 0 bridgehead atoms. The molecule has 1 aliphatic rings. The number of hydrogen-bond donors (Lipinski definition) is 1. The van der Waals surface area contributed by atoms with Crippen LogP contribution in [-0.4, -0.2) is 12.5 Å². The molecule has 1 aromatic heterocycles. The Hall–Kier alpha value is -1.81. The third kappa shape index (κ3) is 2.79. The van der Waals surface area contributed by atoms with Crippen LogP contribution < -0.4 is 10.1 Å². The first-order chi connectivity index (χ1) is 9.33. The molecule has 2 heterocycles. The van der Waals surface area contributed by atoms with Crippen LogP contribution in [0.15, 0.2) is 41.8 Å². The number of para-hydroxylation sites is 1. The summed E-state index contributed by atoms with van der Waals surface area (Å²) in [7, 11) is 0. The van der Waals surface area contributed by atoms with Crippen LogP contribution in [0.2, 0.25) is 0 Å². The third-order valence-corrected chi connectivity index (χ3v) is 4.15. The number of thiophene rings is 1. The number of carbonyl (C=O) groups is 1. The fourth-order valence-corrected chi connectivity index (χ4v) is 2.95. The van der Waals surface area contributed by atoms with E-state index in [2.05, 4.69) is 11.4 Å². The standard InChI is InChI=1S/C15H15NO2S/c17-15(8-7-11-4-3-9-19-11)16-13-10-18-14-6-2-1-5-12(13)14/h1-6,9,13H,7-8,10H2,(H,16,17). The Labute approximate surface area is 116 Å². The zero-order valence-corrected chi connectivity index (χ0v) is 11.3. The Morgan fingerprint density at radius 2 is 2.21 bits per heavy atom. The fraction of sp³-hybridized carbons (Fsp3) is 0.267. The SMILES string of the molecule is O=C(CCc1cccs1)NC1COc2ccccc21. The molecule has 1 amide bonds. The van der Waals surface area contributed by atoms with Gasteiger partial charge in [-0.15, -0.1) is 11.3 Å². The van der Waals surface area contributed by atoms with Crippen molar-refractivity contribution in [2.45, 2.75) is 18.9 Å². The molecule has 0 fully saturated rings. The average molecular weight is 273 g/mol. The number of nitrogens with one attached hydrogen (secondary N) is 1. The first-order valence-corrected chi connectivity index (χ1v) is 7.24. The summed E-state index contributed by atoms with van der Waals surface area (Å²) in [5, 5.41) is 5.07. The van der Waals surface area contributed by atoms with Crippen molar-refractivity contribution in [3.63, 3.8) is 0 Å². The van der Waals surface area contributed by atoms with Gasteiger partial charge >= 0.3 is 0 Å². The predicted octanol–water partition coefficient (Wildman–Crippen LogP) is 2.93. The van der Waals surface area contributed by atoms with Crippen LogP contribution >= 0.6 is 11.3 Å². The number of ether oxygens (including phenoxy) is 1. The maximum Gasteiger partial charge on any atom is 0.220 e. The molecule has 0 saturated carbocycles. The Bertz CT molecular complexity index is 565. The van der Waals surface area contributed by atoms with Gasteiger partial charge in [-0.2, -0.15) is 0 Å². The van der Waals surface area contributed by atoms with E-state index in [-0.39, 0.29) is 11.9 Å². The topological polar surface area (TPSA) is 38.3 Å². The fourth-order valence-electron chi connectivity index (χ4n) is 2.24. The van der Waals surface area contributed by atoms with Crippen molar-refractivity contribution in [1.82, 2.24) is 5.32 Å². The molecule has 1 atom stereocenters. The zero-order valence-electron chi connectivity index (χ0n) is 10.5. The van der Waals surface area contributed by atoms with E-state index in [1.807, 2.05) is 35.7 Å². The van der Waals surface area contributed by atoms with Crippen molar-refractivity contribution < 1.29 is 9.53 Å². The number of amides is 1. The smallest absolute Gasteiger partial charge is 0.220 e. The molecule has 3 rings (SSSR count). The van der Waals surface area contributed by atoms with Crippen molar-refractivity contribution >= 4 is 17.2 Å². The van der Waals surface area contributed by atoms with Crippen LogP contribution in [-0.2, 0) is 11.2 Å². The van der Waals surface area contributed by atoms with Gasteiger partial charge in [0.05, 0.1) is 6.04 Å². The largest absolute Gasteiger partial charge is 0.491 e. The molecule has 0 aliphatic carbocycles.